The molecule has 1 aliphatic heterocycles. The van der Waals surface area contributed by atoms with E-state index in [2.05, 4.69) is 15.1 Å². The van der Waals surface area contributed by atoms with E-state index in [9.17, 15) is 4.79 Å². The first-order chi connectivity index (χ1) is 15.9. The number of hydrogen-bond donors (Lipinski definition) is 0. The number of aryl methyl sites for hydroxylation is 3. The highest BCUT2D eigenvalue weighted by Gasteiger charge is 2.32. The highest BCUT2D eigenvalue weighted by atomic mass is 16.5. The van der Waals surface area contributed by atoms with Crippen LogP contribution in [-0.2, 0) is 11.2 Å². The summed E-state index contributed by atoms with van der Waals surface area (Å²) in [6.45, 7) is 6.60. The molecule has 0 saturated carbocycles. The molecule has 33 heavy (non-hydrogen) atoms. The second-order valence-electron chi connectivity index (χ2n) is 8.96. The molecule has 1 fully saturated rings. The Kier molecular flexibility index (Phi) is 6.72. The van der Waals surface area contributed by atoms with Crippen molar-refractivity contribution in [3.63, 3.8) is 0 Å². The van der Waals surface area contributed by atoms with Gasteiger partial charge in [0.15, 0.2) is 0 Å². The Bertz CT molecular complexity index is 1120. The number of carbonyl (C=O) groups is 1. The predicted molar refractivity (Wildman–Crippen MR) is 127 cm³/mol. The third-order valence-electron chi connectivity index (χ3n) is 6.42. The molecule has 0 aliphatic carbocycles. The van der Waals surface area contributed by atoms with Gasteiger partial charge in [-0.3, -0.25) is 9.78 Å². The number of amides is 1. The van der Waals surface area contributed by atoms with Crippen LogP contribution in [0, 0.1) is 20.8 Å². The Hall–Kier alpha value is -3.29. The van der Waals surface area contributed by atoms with Gasteiger partial charge >= 0.3 is 0 Å². The number of pyridine rings is 1. The van der Waals surface area contributed by atoms with Crippen LogP contribution in [0.3, 0.4) is 0 Å². The number of anilines is 1. The molecule has 1 unspecified atom stereocenters. The summed E-state index contributed by atoms with van der Waals surface area (Å²) in [4.78, 5) is 31.1. The van der Waals surface area contributed by atoms with Crippen LogP contribution in [0.1, 0.15) is 60.0 Å². The maximum atomic E-state index is 13.4. The Balaban J connectivity index is 1.68. The molecule has 4 heterocycles. The fraction of sp³-hybridized carbons (Fsp3) is 0.480. The van der Waals surface area contributed by atoms with E-state index >= 15 is 0 Å². The van der Waals surface area contributed by atoms with Crippen molar-refractivity contribution in [3.05, 3.63) is 52.9 Å². The SMILES string of the molecule is Cc1cnccc1-c1cnc(N(C)C)nc1C1CCCCN1C(=O)CCc1c(C)noc1C. The van der Waals surface area contributed by atoms with E-state index in [1.165, 1.54) is 0 Å². The summed E-state index contributed by atoms with van der Waals surface area (Å²) in [5.41, 5.74) is 5.88. The monoisotopic (exact) mass is 448 g/mol. The number of hydrogen-bond acceptors (Lipinski definition) is 7. The Morgan fingerprint density at radius 1 is 1.18 bits per heavy atom. The third-order valence-corrected chi connectivity index (χ3v) is 6.42. The minimum atomic E-state index is -0.0832. The number of carbonyl (C=O) groups excluding carboxylic acids is 1. The van der Waals surface area contributed by atoms with Crippen molar-refractivity contribution in [2.24, 2.45) is 0 Å². The molecule has 8 heteroatoms. The van der Waals surface area contributed by atoms with Gasteiger partial charge in [0.25, 0.3) is 0 Å². The lowest BCUT2D eigenvalue weighted by Gasteiger charge is -2.36. The van der Waals surface area contributed by atoms with Crippen LogP contribution >= 0.6 is 0 Å². The maximum absolute atomic E-state index is 13.4. The molecule has 0 bridgehead atoms. The molecular formula is C25H32N6O2. The fourth-order valence-corrected chi connectivity index (χ4v) is 4.59. The lowest BCUT2D eigenvalue weighted by Crippen LogP contribution is -2.39. The van der Waals surface area contributed by atoms with Crippen molar-refractivity contribution in [2.45, 2.75) is 58.9 Å². The Morgan fingerprint density at radius 2 is 2.00 bits per heavy atom. The first-order valence-electron chi connectivity index (χ1n) is 11.5. The van der Waals surface area contributed by atoms with E-state index < -0.39 is 0 Å². The number of likely N-dealkylation sites (tertiary alicyclic amines) is 1. The van der Waals surface area contributed by atoms with Gasteiger partial charge in [0.2, 0.25) is 11.9 Å². The van der Waals surface area contributed by atoms with E-state index in [4.69, 9.17) is 9.51 Å². The smallest absolute Gasteiger partial charge is 0.225 e. The van der Waals surface area contributed by atoms with Crippen molar-refractivity contribution < 1.29 is 9.32 Å². The summed E-state index contributed by atoms with van der Waals surface area (Å²) in [5.74, 6) is 1.58. The van der Waals surface area contributed by atoms with Gasteiger partial charge < -0.3 is 14.3 Å². The number of aromatic nitrogens is 4. The van der Waals surface area contributed by atoms with Crippen LogP contribution < -0.4 is 4.90 Å². The lowest BCUT2D eigenvalue weighted by atomic mass is 9.92. The van der Waals surface area contributed by atoms with Crippen LogP contribution in [0.2, 0.25) is 0 Å². The van der Waals surface area contributed by atoms with Crippen LogP contribution in [0.15, 0.2) is 29.2 Å². The zero-order valence-corrected chi connectivity index (χ0v) is 20.1. The molecule has 3 aromatic heterocycles. The second-order valence-corrected chi connectivity index (χ2v) is 8.96. The number of nitrogens with zero attached hydrogens (tertiary/aromatic N) is 6. The first kappa shape index (κ1) is 22.9. The zero-order valence-electron chi connectivity index (χ0n) is 20.1. The van der Waals surface area contributed by atoms with Crippen LogP contribution in [-0.4, -0.2) is 51.6 Å². The molecule has 3 aromatic rings. The van der Waals surface area contributed by atoms with Gasteiger partial charge in [-0.1, -0.05) is 5.16 Å². The summed E-state index contributed by atoms with van der Waals surface area (Å²) < 4.78 is 5.27. The molecule has 4 rings (SSSR count). The molecule has 1 saturated heterocycles. The quantitative estimate of drug-likeness (QED) is 0.558. The Morgan fingerprint density at radius 3 is 2.70 bits per heavy atom. The first-order valence-corrected chi connectivity index (χ1v) is 11.5. The normalized spacial score (nSPS) is 16.2. The van der Waals surface area contributed by atoms with E-state index in [-0.39, 0.29) is 11.9 Å². The largest absolute Gasteiger partial charge is 0.361 e. The van der Waals surface area contributed by atoms with Crippen molar-refractivity contribution in [1.29, 1.82) is 0 Å². The molecular weight excluding hydrogens is 416 g/mol. The third kappa shape index (κ3) is 4.74. The standard InChI is InChI=1S/C25H32N6O2/c1-16-14-26-12-11-19(16)21-15-27-25(30(4)5)28-24(21)22-8-6-7-13-31(22)23(32)10-9-20-17(2)29-33-18(20)3/h11-12,14-15,22H,6-10,13H2,1-5H3. The highest BCUT2D eigenvalue weighted by molar-refractivity contribution is 5.78. The topological polar surface area (TPSA) is 88.3 Å². The van der Waals surface area contributed by atoms with E-state index in [0.717, 1.165) is 65.2 Å². The van der Waals surface area contributed by atoms with Gasteiger partial charge in [-0.05, 0) is 63.6 Å². The van der Waals surface area contributed by atoms with E-state index in [0.29, 0.717) is 18.8 Å². The van der Waals surface area contributed by atoms with Crippen LogP contribution in [0.4, 0.5) is 5.95 Å². The molecule has 1 amide bonds. The van der Waals surface area contributed by atoms with Crippen molar-refractivity contribution in [2.75, 3.05) is 25.5 Å². The second kappa shape index (κ2) is 9.68. The zero-order chi connectivity index (χ0) is 23.5. The molecule has 1 aliphatic rings. The summed E-state index contributed by atoms with van der Waals surface area (Å²) in [6, 6.07) is 1.92. The van der Waals surface area contributed by atoms with Crippen molar-refractivity contribution in [3.8, 4) is 11.1 Å². The summed E-state index contributed by atoms with van der Waals surface area (Å²) in [5, 5.41) is 4.02. The van der Waals surface area contributed by atoms with Gasteiger partial charge in [-0.25, -0.2) is 9.97 Å². The minimum absolute atomic E-state index is 0.0832. The average molecular weight is 449 g/mol. The van der Waals surface area contributed by atoms with E-state index in [1.807, 2.05) is 63.1 Å². The maximum Gasteiger partial charge on any atom is 0.225 e. The molecule has 0 N–H and O–H groups in total. The molecule has 1 atom stereocenters. The molecule has 0 radical (unpaired) electrons. The van der Waals surface area contributed by atoms with Crippen molar-refractivity contribution in [1.82, 2.24) is 25.0 Å². The van der Waals surface area contributed by atoms with Gasteiger partial charge in [-0.15, -0.1) is 0 Å². The summed E-state index contributed by atoms with van der Waals surface area (Å²) in [6.07, 6.45) is 9.54. The minimum Gasteiger partial charge on any atom is -0.361 e. The van der Waals surface area contributed by atoms with Crippen LogP contribution in [0.5, 0.6) is 0 Å². The van der Waals surface area contributed by atoms with Gasteiger partial charge in [0, 0.05) is 56.8 Å². The Labute approximate surface area is 195 Å². The number of piperidine rings is 1. The van der Waals surface area contributed by atoms with Crippen LogP contribution in [0.25, 0.3) is 11.1 Å². The van der Waals surface area contributed by atoms with Crippen molar-refractivity contribution >= 4 is 11.9 Å². The molecule has 0 aromatic carbocycles. The van der Waals surface area contributed by atoms with Gasteiger partial charge in [-0.2, -0.15) is 0 Å². The molecule has 8 nitrogen and oxygen atoms in total. The summed E-state index contributed by atoms with van der Waals surface area (Å²) in [7, 11) is 3.87. The molecule has 174 valence electrons. The summed E-state index contributed by atoms with van der Waals surface area (Å²) >= 11 is 0. The fourth-order valence-electron chi connectivity index (χ4n) is 4.59. The van der Waals surface area contributed by atoms with Gasteiger partial charge in [0.1, 0.15) is 5.76 Å². The number of rotatable bonds is 6. The molecule has 0 spiro atoms. The lowest BCUT2D eigenvalue weighted by molar-refractivity contribution is -0.135. The highest BCUT2D eigenvalue weighted by Crippen LogP contribution is 2.37. The predicted octanol–water partition coefficient (Wildman–Crippen LogP) is 4.20. The average Bonchev–Trinajstić information content (AvgIpc) is 3.14. The van der Waals surface area contributed by atoms with Gasteiger partial charge in [0.05, 0.1) is 17.4 Å². The van der Waals surface area contributed by atoms with E-state index in [1.54, 1.807) is 6.20 Å².